The fraction of sp³-hybridized carbons (Fsp3) is 0.267. The molecule has 1 amide bonds. The summed E-state index contributed by atoms with van der Waals surface area (Å²) in [4.78, 5) is 15.1. The van der Waals surface area contributed by atoms with Gasteiger partial charge in [0.15, 0.2) is 0 Å². The Balaban J connectivity index is 1.19. The molecular weight excluding hydrogens is 455 g/mol. The maximum Gasteiger partial charge on any atom is 0.410 e. The molecule has 2 aliphatic heterocycles. The summed E-state index contributed by atoms with van der Waals surface area (Å²) in [5.41, 5.74) is 6.96. The van der Waals surface area contributed by atoms with Crippen LogP contribution < -0.4 is 0 Å². The molecule has 1 aliphatic carbocycles. The quantitative estimate of drug-likeness (QED) is 0.457. The molecule has 0 saturated carbocycles. The Bertz CT molecular complexity index is 1360. The van der Waals surface area contributed by atoms with E-state index in [1.807, 2.05) is 30.3 Å². The van der Waals surface area contributed by atoms with E-state index >= 15 is 0 Å². The van der Waals surface area contributed by atoms with Crippen molar-refractivity contribution in [3.8, 4) is 17.2 Å². The zero-order valence-corrected chi connectivity index (χ0v) is 19.7. The van der Waals surface area contributed by atoms with E-state index in [0.29, 0.717) is 37.2 Å². The maximum absolute atomic E-state index is 13.8. The van der Waals surface area contributed by atoms with Crippen LogP contribution in [0.5, 0.6) is 0 Å². The molecule has 180 valence electrons. The van der Waals surface area contributed by atoms with Crippen molar-refractivity contribution in [3.63, 3.8) is 0 Å². The summed E-state index contributed by atoms with van der Waals surface area (Å²) in [6, 6.07) is 22.5. The number of benzene rings is 3. The number of morpholine rings is 1. The highest BCUT2D eigenvalue weighted by molar-refractivity contribution is 5.79. The van der Waals surface area contributed by atoms with Crippen LogP contribution in [0.1, 0.15) is 34.6 Å². The minimum atomic E-state index is -0.357. The average Bonchev–Trinajstić information content (AvgIpc) is 3.20. The van der Waals surface area contributed by atoms with Gasteiger partial charge in [0, 0.05) is 5.92 Å². The molecule has 36 heavy (non-hydrogen) atoms. The highest BCUT2D eigenvalue weighted by Gasteiger charge is 2.39. The van der Waals surface area contributed by atoms with Crippen molar-refractivity contribution in [2.45, 2.75) is 30.8 Å². The number of nitrogens with zero attached hydrogens (tertiary/aromatic N) is 2. The minimum absolute atomic E-state index is 0.00529. The number of halogens is 1. The summed E-state index contributed by atoms with van der Waals surface area (Å²) in [6.45, 7) is 1.08. The van der Waals surface area contributed by atoms with E-state index in [2.05, 4.69) is 30.3 Å². The van der Waals surface area contributed by atoms with Crippen molar-refractivity contribution in [1.82, 2.24) is 4.90 Å². The molecule has 2 atom stereocenters. The first-order chi connectivity index (χ1) is 17.6. The van der Waals surface area contributed by atoms with E-state index in [4.69, 9.17) is 9.47 Å². The number of fused-ring (bicyclic) bond motifs is 5. The molecule has 2 bridgehead atoms. The second-order valence-electron chi connectivity index (χ2n) is 9.59. The third-order valence-electron chi connectivity index (χ3n) is 7.43. The molecular formula is C30H25FN2O3. The monoisotopic (exact) mass is 480 g/mol. The average molecular weight is 481 g/mol. The molecule has 2 unspecified atom stereocenters. The SMILES string of the molecule is N#Cc1ccc(F)cc1CC1=CC2COCC(C1)N2C(=O)OCC1c2ccccc2-c2ccccc21. The van der Waals surface area contributed by atoms with Crippen LogP contribution in [0.2, 0.25) is 0 Å². The Morgan fingerprint density at radius 3 is 2.47 bits per heavy atom. The Morgan fingerprint density at radius 1 is 1.06 bits per heavy atom. The summed E-state index contributed by atoms with van der Waals surface area (Å²) >= 11 is 0. The van der Waals surface area contributed by atoms with Gasteiger partial charge < -0.3 is 9.47 Å². The third-order valence-corrected chi connectivity index (χ3v) is 7.43. The minimum Gasteiger partial charge on any atom is -0.448 e. The lowest BCUT2D eigenvalue weighted by atomic mass is 9.89. The summed E-state index contributed by atoms with van der Waals surface area (Å²) in [7, 11) is 0. The lowest BCUT2D eigenvalue weighted by Gasteiger charge is -2.44. The Labute approximate surface area is 209 Å². The topological polar surface area (TPSA) is 62.6 Å². The fourth-order valence-corrected chi connectivity index (χ4v) is 5.83. The predicted octanol–water partition coefficient (Wildman–Crippen LogP) is 5.59. The fourth-order valence-electron chi connectivity index (χ4n) is 5.83. The summed E-state index contributed by atoms with van der Waals surface area (Å²) in [5.74, 6) is -0.352. The van der Waals surface area contributed by atoms with Crippen LogP contribution in [0.25, 0.3) is 11.1 Å². The molecule has 0 spiro atoms. The van der Waals surface area contributed by atoms with E-state index in [1.54, 1.807) is 4.90 Å². The van der Waals surface area contributed by atoms with Crippen molar-refractivity contribution in [2.24, 2.45) is 0 Å². The van der Waals surface area contributed by atoms with Gasteiger partial charge in [-0.1, -0.05) is 60.2 Å². The van der Waals surface area contributed by atoms with Crippen LogP contribution >= 0.6 is 0 Å². The molecule has 1 saturated heterocycles. The molecule has 6 heteroatoms. The molecule has 1 fully saturated rings. The standard InChI is InChI=1S/C30H25FN2O3/c31-22-10-9-20(15-32)21(14-22)11-19-12-23-16-35-17-24(13-19)33(23)30(34)36-18-29-27-7-3-1-5-25(27)26-6-2-4-8-28(26)29/h1-10,12,14,23-24,29H,11,13,16-18H2. The van der Waals surface area contributed by atoms with Gasteiger partial charge in [0.05, 0.1) is 36.9 Å². The van der Waals surface area contributed by atoms with E-state index in [1.165, 1.54) is 40.5 Å². The molecule has 0 radical (unpaired) electrons. The van der Waals surface area contributed by atoms with Crippen molar-refractivity contribution in [2.75, 3.05) is 19.8 Å². The number of carbonyl (C=O) groups excluding carboxylic acids is 1. The second-order valence-corrected chi connectivity index (χ2v) is 9.59. The molecule has 5 nitrogen and oxygen atoms in total. The van der Waals surface area contributed by atoms with Gasteiger partial charge in [0.25, 0.3) is 0 Å². The molecule has 3 aliphatic rings. The maximum atomic E-state index is 13.8. The molecule has 0 N–H and O–H groups in total. The van der Waals surface area contributed by atoms with Gasteiger partial charge in [-0.05, 0) is 58.9 Å². The van der Waals surface area contributed by atoms with Gasteiger partial charge in [-0.3, -0.25) is 4.90 Å². The Morgan fingerprint density at radius 2 is 1.78 bits per heavy atom. The van der Waals surface area contributed by atoms with E-state index in [-0.39, 0.29) is 36.5 Å². The molecule has 6 rings (SSSR count). The number of carbonyl (C=O) groups is 1. The lowest BCUT2D eigenvalue weighted by Crippen LogP contribution is -2.56. The number of rotatable bonds is 4. The highest BCUT2D eigenvalue weighted by atomic mass is 19.1. The zero-order chi connectivity index (χ0) is 24.6. The van der Waals surface area contributed by atoms with Crippen LogP contribution in [0.15, 0.2) is 78.4 Å². The Hall–Kier alpha value is -3.95. The van der Waals surface area contributed by atoms with Crippen LogP contribution in [0.3, 0.4) is 0 Å². The summed E-state index contributed by atoms with van der Waals surface area (Å²) < 4.78 is 25.5. The number of amides is 1. The Kier molecular flexibility index (Phi) is 5.79. The van der Waals surface area contributed by atoms with Crippen LogP contribution in [-0.4, -0.2) is 42.9 Å². The van der Waals surface area contributed by atoms with Crippen LogP contribution in [0.4, 0.5) is 9.18 Å². The van der Waals surface area contributed by atoms with Gasteiger partial charge in [-0.15, -0.1) is 0 Å². The number of nitriles is 1. The number of hydrogen-bond acceptors (Lipinski definition) is 4. The van der Waals surface area contributed by atoms with Crippen molar-refractivity contribution >= 4 is 6.09 Å². The second kappa shape index (κ2) is 9.25. The molecule has 2 heterocycles. The van der Waals surface area contributed by atoms with Gasteiger partial charge >= 0.3 is 6.09 Å². The summed E-state index contributed by atoms with van der Waals surface area (Å²) in [5, 5.41) is 9.41. The predicted molar refractivity (Wildman–Crippen MR) is 133 cm³/mol. The molecule has 3 aromatic rings. The van der Waals surface area contributed by atoms with Crippen molar-refractivity contribution in [3.05, 3.63) is 106 Å². The van der Waals surface area contributed by atoms with Crippen molar-refractivity contribution in [1.29, 1.82) is 5.26 Å². The summed E-state index contributed by atoms with van der Waals surface area (Å²) in [6.07, 6.45) is 2.76. The normalized spacial score (nSPS) is 20.2. The third kappa shape index (κ3) is 3.96. The smallest absolute Gasteiger partial charge is 0.410 e. The van der Waals surface area contributed by atoms with Gasteiger partial charge in [-0.25, -0.2) is 9.18 Å². The molecule has 0 aromatic heterocycles. The van der Waals surface area contributed by atoms with Crippen molar-refractivity contribution < 1.29 is 18.7 Å². The largest absolute Gasteiger partial charge is 0.448 e. The first kappa shape index (κ1) is 22.5. The van der Waals surface area contributed by atoms with Gasteiger partial charge in [0.1, 0.15) is 12.4 Å². The van der Waals surface area contributed by atoms with E-state index < -0.39 is 0 Å². The highest BCUT2D eigenvalue weighted by Crippen LogP contribution is 2.44. The lowest BCUT2D eigenvalue weighted by molar-refractivity contribution is -0.0363. The first-order valence-electron chi connectivity index (χ1n) is 12.2. The van der Waals surface area contributed by atoms with Gasteiger partial charge in [-0.2, -0.15) is 5.26 Å². The van der Waals surface area contributed by atoms with E-state index in [0.717, 1.165) is 5.57 Å². The number of ether oxygens (including phenoxy) is 2. The van der Waals surface area contributed by atoms with Crippen LogP contribution in [0, 0.1) is 17.1 Å². The zero-order valence-electron chi connectivity index (χ0n) is 19.7. The van der Waals surface area contributed by atoms with E-state index in [9.17, 15) is 14.4 Å². The number of hydrogen-bond donors (Lipinski definition) is 0. The molecule has 3 aromatic carbocycles. The van der Waals surface area contributed by atoms with Gasteiger partial charge in [0.2, 0.25) is 0 Å². The van der Waals surface area contributed by atoms with Crippen LogP contribution in [-0.2, 0) is 15.9 Å². The first-order valence-corrected chi connectivity index (χ1v) is 12.2.